The zero-order valence-corrected chi connectivity index (χ0v) is 16.2. The van der Waals surface area contributed by atoms with Gasteiger partial charge in [0.2, 0.25) is 5.91 Å². The zero-order valence-electron chi connectivity index (χ0n) is 16.2. The Balaban J connectivity index is 2.00. The monoisotopic (exact) mass is 356 g/mol. The van der Waals surface area contributed by atoms with Gasteiger partial charge in [0.1, 0.15) is 0 Å². The van der Waals surface area contributed by atoms with Crippen LogP contribution in [0.25, 0.3) is 5.69 Å². The normalized spacial score (nSPS) is 11.3. The molecule has 0 fully saturated rings. The number of carbonyl (C=O) groups excluding carboxylic acids is 1. The second kappa shape index (κ2) is 9.03. The van der Waals surface area contributed by atoms with Gasteiger partial charge in [-0.25, -0.2) is 4.68 Å². The molecule has 0 aliphatic rings. The van der Waals surface area contributed by atoms with Gasteiger partial charge in [-0.05, 0) is 31.5 Å². The Hall–Kier alpha value is -2.83. The molecule has 2 N–H and O–H groups in total. The highest BCUT2D eigenvalue weighted by Crippen LogP contribution is 2.16. The number of nitrogens with zero attached hydrogens (tertiary/aromatic N) is 4. The highest BCUT2D eigenvalue weighted by atomic mass is 16.2. The maximum Gasteiger partial charge on any atom is 0.223 e. The number of carbonyl (C=O) groups is 1. The molecule has 0 aliphatic carbocycles. The topological polar surface area (TPSA) is 74.6 Å². The smallest absolute Gasteiger partial charge is 0.223 e. The minimum Gasteiger partial charge on any atom is -0.356 e. The third-order valence-corrected chi connectivity index (χ3v) is 4.03. The first-order valence-corrected chi connectivity index (χ1v) is 8.68. The minimum atomic E-state index is 0.0859. The van der Waals surface area contributed by atoms with Crippen LogP contribution in [-0.2, 0) is 11.3 Å². The number of amides is 1. The minimum absolute atomic E-state index is 0.0859. The third kappa shape index (κ3) is 5.08. The molecule has 2 rings (SSSR count). The summed E-state index contributed by atoms with van der Waals surface area (Å²) in [5, 5.41) is 11.0. The van der Waals surface area contributed by atoms with Crippen LogP contribution in [0.5, 0.6) is 0 Å². The van der Waals surface area contributed by atoms with Gasteiger partial charge in [0, 0.05) is 46.3 Å². The molecule has 1 aromatic heterocycles. The predicted octanol–water partition coefficient (Wildman–Crippen LogP) is 1.63. The molecule has 0 saturated carbocycles. The average molecular weight is 356 g/mol. The molecule has 140 valence electrons. The van der Waals surface area contributed by atoms with E-state index in [1.54, 1.807) is 26.0 Å². The van der Waals surface area contributed by atoms with Crippen molar-refractivity contribution in [1.82, 2.24) is 25.3 Å². The molecule has 1 aromatic carbocycles. The molecular formula is C19H28N6O. The van der Waals surface area contributed by atoms with Crippen molar-refractivity contribution >= 4 is 11.9 Å². The Bertz CT molecular complexity index is 778. The Morgan fingerprint density at radius 2 is 1.96 bits per heavy atom. The molecule has 0 atom stereocenters. The Morgan fingerprint density at radius 1 is 1.23 bits per heavy atom. The molecule has 0 saturated heterocycles. The van der Waals surface area contributed by atoms with Crippen molar-refractivity contribution in [2.45, 2.75) is 26.8 Å². The van der Waals surface area contributed by atoms with Crippen molar-refractivity contribution in [1.29, 1.82) is 0 Å². The molecule has 0 unspecified atom stereocenters. The number of guanidine groups is 1. The van der Waals surface area contributed by atoms with E-state index in [-0.39, 0.29) is 5.91 Å². The number of aromatic nitrogens is 2. The van der Waals surface area contributed by atoms with Crippen molar-refractivity contribution in [3.63, 3.8) is 0 Å². The van der Waals surface area contributed by atoms with Gasteiger partial charge in [0.25, 0.3) is 0 Å². The molecule has 1 amide bonds. The van der Waals surface area contributed by atoms with Crippen LogP contribution in [0.4, 0.5) is 0 Å². The van der Waals surface area contributed by atoms with E-state index in [0.717, 1.165) is 22.6 Å². The molecule has 0 aliphatic heterocycles. The average Bonchev–Trinajstić information content (AvgIpc) is 2.96. The van der Waals surface area contributed by atoms with Crippen molar-refractivity contribution in [3.05, 3.63) is 47.3 Å². The number of hydrogen-bond acceptors (Lipinski definition) is 3. The summed E-state index contributed by atoms with van der Waals surface area (Å²) in [6.45, 7) is 5.18. The second-order valence-electron chi connectivity index (χ2n) is 6.36. The fourth-order valence-corrected chi connectivity index (χ4v) is 2.65. The molecule has 0 spiro atoms. The molecule has 0 bridgehead atoms. The summed E-state index contributed by atoms with van der Waals surface area (Å²) < 4.78 is 1.96. The maximum atomic E-state index is 11.6. The van der Waals surface area contributed by atoms with E-state index in [2.05, 4.69) is 38.9 Å². The van der Waals surface area contributed by atoms with Crippen molar-refractivity contribution in [2.75, 3.05) is 27.7 Å². The summed E-state index contributed by atoms with van der Waals surface area (Å²) in [4.78, 5) is 17.4. The lowest BCUT2D eigenvalue weighted by atomic mass is 10.1. The molecule has 7 heteroatoms. The summed E-state index contributed by atoms with van der Waals surface area (Å²) in [5.41, 5.74) is 4.25. The third-order valence-electron chi connectivity index (χ3n) is 4.03. The molecule has 7 nitrogen and oxygen atoms in total. The van der Waals surface area contributed by atoms with Gasteiger partial charge in [-0.2, -0.15) is 5.10 Å². The Labute approximate surface area is 155 Å². The van der Waals surface area contributed by atoms with Crippen molar-refractivity contribution in [3.8, 4) is 5.69 Å². The standard InChI is InChI=1S/C19H28N6O/c1-14-12-15(2)25(23-14)17-9-7-6-8-16(17)13-22-19(20-3)21-11-10-18(26)24(4)5/h6-9,12H,10-11,13H2,1-5H3,(H2,20,21,22). The maximum absolute atomic E-state index is 11.6. The number of nitrogens with one attached hydrogen (secondary N) is 2. The molecule has 0 radical (unpaired) electrons. The summed E-state index contributed by atoms with van der Waals surface area (Å²) in [5.74, 6) is 0.752. The highest BCUT2D eigenvalue weighted by molar-refractivity contribution is 5.81. The number of para-hydroxylation sites is 1. The van der Waals surface area contributed by atoms with Gasteiger partial charge in [0.15, 0.2) is 5.96 Å². The Kier molecular flexibility index (Phi) is 6.77. The van der Waals surface area contributed by atoms with Gasteiger partial charge in [-0.15, -0.1) is 0 Å². The van der Waals surface area contributed by atoms with Gasteiger partial charge < -0.3 is 15.5 Å². The lowest BCUT2D eigenvalue weighted by Crippen LogP contribution is -2.39. The van der Waals surface area contributed by atoms with E-state index in [9.17, 15) is 4.79 Å². The van der Waals surface area contributed by atoms with Crippen LogP contribution < -0.4 is 10.6 Å². The summed E-state index contributed by atoms with van der Waals surface area (Å²) >= 11 is 0. The summed E-state index contributed by atoms with van der Waals surface area (Å²) in [7, 11) is 5.23. The van der Waals surface area contributed by atoms with Crippen molar-refractivity contribution in [2.24, 2.45) is 4.99 Å². The van der Waals surface area contributed by atoms with Gasteiger partial charge in [-0.3, -0.25) is 9.79 Å². The Morgan fingerprint density at radius 3 is 2.58 bits per heavy atom. The van der Waals surface area contributed by atoms with Gasteiger partial charge in [-0.1, -0.05) is 18.2 Å². The number of hydrogen-bond donors (Lipinski definition) is 2. The van der Waals surface area contributed by atoms with E-state index in [1.807, 2.05) is 30.7 Å². The van der Waals surface area contributed by atoms with E-state index in [4.69, 9.17) is 0 Å². The van der Waals surface area contributed by atoms with Crippen LogP contribution in [0.2, 0.25) is 0 Å². The van der Waals surface area contributed by atoms with E-state index in [0.29, 0.717) is 25.5 Å². The lowest BCUT2D eigenvalue weighted by molar-refractivity contribution is -0.128. The zero-order chi connectivity index (χ0) is 19.1. The fraction of sp³-hybridized carbons (Fsp3) is 0.421. The highest BCUT2D eigenvalue weighted by Gasteiger charge is 2.09. The first kappa shape index (κ1) is 19.5. The van der Waals surface area contributed by atoms with Crippen LogP contribution in [0.3, 0.4) is 0 Å². The SMILES string of the molecule is CN=C(NCCC(=O)N(C)C)NCc1ccccc1-n1nc(C)cc1C. The molecule has 1 heterocycles. The number of rotatable bonds is 6. The number of benzene rings is 1. The summed E-state index contributed by atoms with van der Waals surface area (Å²) in [6.07, 6.45) is 0.427. The van der Waals surface area contributed by atoms with Gasteiger partial charge >= 0.3 is 0 Å². The molecule has 2 aromatic rings. The van der Waals surface area contributed by atoms with Crippen LogP contribution in [0.15, 0.2) is 35.3 Å². The van der Waals surface area contributed by atoms with Gasteiger partial charge in [0.05, 0.1) is 11.4 Å². The molecular weight excluding hydrogens is 328 g/mol. The van der Waals surface area contributed by atoms with E-state index in [1.165, 1.54) is 0 Å². The van der Waals surface area contributed by atoms with Crippen LogP contribution >= 0.6 is 0 Å². The number of aliphatic imine (C=N–C) groups is 1. The van der Waals surface area contributed by atoms with Crippen molar-refractivity contribution < 1.29 is 4.79 Å². The van der Waals surface area contributed by atoms with Crippen LogP contribution in [0.1, 0.15) is 23.4 Å². The number of aryl methyl sites for hydroxylation is 2. The quantitative estimate of drug-likeness (QED) is 0.609. The fourth-order valence-electron chi connectivity index (χ4n) is 2.65. The second-order valence-corrected chi connectivity index (χ2v) is 6.36. The summed E-state index contributed by atoms with van der Waals surface area (Å²) in [6, 6.07) is 10.2. The predicted molar refractivity (Wildman–Crippen MR) is 105 cm³/mol. The first-order valence-electron chi connectivity index (χ1n) is 8.68. The first-order chi connectivity index (χ1) is 12.4. The largest absolute Gasteiger partial charge is 0.356 e. The van der Waals surface area contributed by atoms with Crippen LogP contribution in [-0.4, -0.2) is 54.2 Å². The lowest BCUT2D eigenvalue weighted by Gasteiger charge is -2.15. The van der Waals surface area contributed by atoms with E-state index < -0.39 is 0 Å². The molecule has 26 heavy (non-hydrogen) atoms. The van der Waals surface area contributed by atoms with E-state index >= 15 is 0 Å². The van der Waals surface area contributed by atoms with Crippen LogP contribution in [0, 0.1) is 13.8 Å².